The van der Waals surface area contributed by atoms with E-state index in [1.54, 1.807) is 19.1 Å². The molecule has 0 aliphatic heterocycles. The van der Waals surface area contributed by atoms with Gasteiger partial charge in [-0.25, -0.2) is 12.8 Å². The molecule has 2 rings (SSSR count). The van der Waals surface area contributed by atoms with E-state index in [9.17, 15) is 12.8 Å². The van der Waals surface area contributed by atoms with Gasteiger partial charge in [0.1, 0.15) is 10.7 Å². The van der Waals surface area contributed by atoms with E-state index in [1.165, 1.54) is 33.8 Å². The third-order valence-electron chi connectivity index (χ3n) is 2.86. The largest absolute Gasteiger partial charge is 0.326 e. The average Bonchev–Trinajstić information content (AvgIpc) is 2.81. The molecule has 0 saturated heterocycles. The third kappa shape index (κ3) is 3.28. The van der Waals surface area contributed by atoms with Crippen LogP contribution in [0.4, 0.5) is 10.1 Å². The number of anilines is 1. The quantitative estimate of drug-likeness (QED) is 0.848. The first-order valence-electron chi connectivity index (χ1n) is 6.16. The molecule has 114 valence electrons. The number of rotatable bonds is 5. The molecule has 0 saturated carbocycles. The molecule has 0 unspecified atom stereocenters. The highest BCUT2D eigenvalue weighted by molar-refractivity contribution is 9.11. The molecule has 2 N–H and O–H groups in total. The molecule has 0 amide bonds. The Morgan fingerprint density at radius 2 is 2.10 bits per heavy atom. The van der Waals surface area contributed by atoms with Crippen LogP contribution in [0.15, 0.2) is 39.0 Å². The molecule has 2 aromatic rings. The van der Waals surface area contributed by atoms with Crippen LogP contribution in [0.5, 0.6) is 0 Å². The molecule has 4 nitrogen and oxygen atoms in total. The highest BCUT2D eigenvalue weighted by atomic mass is 79.9. The highest BCUT2D eigenvalue weighted by Crippen LogP contribution is 2.35. The van der Waals surface area contributed by atoms with Crippen molar-refractivity contribution in [2.75, 3.05) is 10.8 Å². The van der Waals surface area contributed by atoms with Gasteiger partial charge in [-0.05, 0) is 47.1 Å². The van der Waals surface area contributed by atoms with Crippen LogP contribution in [0, 0.1) is 5.82 Å². The zero-order valence-electron chi connectivity index (χ0n) is 11.2. The van der Waals surface area contributed by atoms with Crippen molar-refractivity contribution in [2.45, 2.75) is 18.4 Å². The molecule has 0 bridgehead atoms. The lowest BCUT2D eigenvalue weighted by molar-refractivity contribution is 0.591. The van der Waals surface area contributed by atoms with E-state index < -0.39 is 15.8 Å². The number of nitrogens with zero attached hydrogens (tertiary/aromatic N) is 1. The molecule has 0 atom stereocenters. The predicted octanol–water partition coefficient (Wildman–Crippen LogP) is 3.32. The van der Waals surface area contributed by atoms with Gasteiger partial charge < -0.3 is 5.73 Å². The standard InChI is InChI=1S/C13H14BrFN2O2S2/c1-2-17(10-5-3-4-9(15)6-10)21(18,19)12-7-11(8-16)20-13(12)14/h3-7H,2,8,16H2,1H3. The Morgan fingerprint density at radius 3 is 2.62 bits per heavy atom. The van der Waals surface area contributed by atoms with Gasteiger partial charge in [0, 0.05) is 18.0 Å². The summed E-state index contributed by atoms with van der Waals surface area (Å²) in [5, 5.41) is 0. The minimum absolute atomic E-state index is 0.152. The van der Waals surface area contributed by atoms with Crippen LogP contribution in [0.2, 0.25) is 0 Å². The first-order valence-corrected chi connectivity index (χ1v) is 9.21. The predicted molar refractivity (Wildman–Crippen MR) is 86.5 cm³/mol. The van der Waals surface area contributed by atoms with Crippen molar-refractivity contribution in [3.05, 3.63) is 44.8 Å². The van der Waals surface area contributed by atoms with E-state index >= 15 is 0 Å². The lowest BCUT2D eigenvalue weighted by atomic mass is 10.3. The number of hydrogen-bond donors (Lipinski definition) is 1. The van der Waals surface area contributed by atoms with Crippen molar-refractivity contribution in [3.8, 4) is 0 Å². The van der Waals surface area contributed by atoms with Crippen molar-refractivity contribution < 1.29 is 12.8 Å². The molecule has 0 radical (unpaired) electrons. The monoisotopic (exact) mass is 392 g/mol. The molecule has 1 aromatic carbocycles. The summed E-state index contributed by atoms with van der Waals surface area (Å²) >= 11 is 4.54. The van der Waals surface area contributed by atoms with Crippen molar-refractivity contribution in [3.63, 3.8) is 0 Å². The van der Waals surface area contributed by atoms with Crippen molar-refractivity contribution in [1.82, 2.24) is 0 Å². The van der Waals surface area contributed by atoms with Gasteiger partial charge in [-0.3, -0.25) is 4.31 Å². The number of hydrogen-bond acceptors (Lipinski definition) is 4. The van der Waals surface area contributed by atoms with Gasteiger partial charge in [0.2, 0.25) is 0 Å². The Morgan fingerprint density at radius 1 is 1.38 bits per heavy atom. The number of thiophene rings is 1. The van der Waals surface area contributed by atoms with Crippen molar-refractivity contribution in [1.29, 1.82) is 0 Å². The average molecular weight is 393 g/mol. The van der Waals surface area contributed by atoms with E-state index in [2.05, 4.69) is 15.9 Å². The number of sulfonamides is 1. The van der Waals surface area contributed by atoms with Crippen LogP contribution in [0.1, 0.15) is 11.8 Å². The number of benzene rings is 1. The van der Waals surface area contributed by atoms with E-state index in [4.69, 9.17) is 5.73 Å². The van der Waals surface area contributed by atoms with Crippen LogP contribution in [-0.4, -0.2) is 15.0 Å². The summed E-state index contributed by atoms with van der Waals surface area (Å²) in [7, 11) is -3.77. The minimum atomic E-state index is -3.77. The van der Waals surface area contributed by atoms with Gasteiger partial charge in [0.25, 0.3) is 10.0 Å². The van der Waals surface area contributed by atoms with Gasteiger partial charge in [-0.15, -0.1) is 11.3 Å². The maximum atomic E-state index is 13.3. The summed E-state index contributed by atoms with van der Waals surface area (Å²) in [5.74, 6) is -0.479. The molecule has 0 aliphatic carbocycles. The third-order valence-corrected chi connectivity index (χ3v) is 7.04. The molecule has 8 heteroatoms. The van der Waals surface area contributed by atoms with Crippen molar-refractivity contribution in [2.24, 2.45) is 5.73 Å². The van der Waals surface area contributed by atoms with Crippen LogP contribution in [0.25, 0.3) is 0 Å². The summed E-state index contributed by atoms with van der Waals surface area (Å²) in [6.45, 7) is 2.17. The smallest absolute Gasteiger partial charge is 0.266 e. The fourth-order valence-corrected chi connectivity index (χ4v) is 5.90. The van der Waals surface area contributed by atoms with E-state index in [0.29, 0.717) is 9.47 Å². The fourth-order valence-electron chi connectivity index (χ4n) is 1.92. The maximum Gasteiger partial charge on any atom is 0.266 e. The summed E-state index contributed by atoms with van der Waals surface area (Å²) in [4.78, 5) is 0.912. The SMILES string of the molecule is CCN(c1cccc(F)c1)S(=O)(=O)c1cc(CN)sc1Br. The van der Waals surface area contributed by atoms with Gasteiger partial charge in [0.05, 0.1) is 9.47 Å². The Balaban J connectivity index is 2.51. The van der Waals surface area contributed by atoms with Crippen LogP contribution in [-0.2, 0) is 16.6 Å². The first kappa shape index (κ1) is 16.4. The summed E-state index contributed by atoms with van der Waals surface area (Å²) in [6.07, 6.45) is 0. The summed E-state index contributed by atoms with van der Waals surface area (Å²) in [6, 6.07) is 7.07. The summed E-state index contributed by atoms with van der Waals surface area (Å²) < 4.78 is 40.5. The van der Waals surface area contributed by atoms with E-state index in [0.717, 1.165) is 4.88 Å². The second-order valence-electron chi connectivity index (χ2n) is 4.20. The highest BCUT2D eigenvalue weighted by Gasteiger charge is 2.27. The van der Waals surface area contributed by atoms with Crippen LogP contribution < -0.4 is 10.0 Å². The number of nitrogens with two attached hydrogens (primary N) is 1. The summed E-state index contributed by atoms with van der Waals surface area (Å²) in [5.41, 5.74) is 5.84. The maximum absolute atomic E-state index is 13.3. The Kier molecular flexibility index (Phi) is 5.03. The zero-order chi connectivity index (χ0) is 15.6. The Hall–Kier alpha value is -0.960. The molecule has 0 aliphatic rings. The Labute approximate surface area is 135 Å². The Bertz CT molecular complexity index is 746. The van der Waals surface area contributed by atoms with Gasteiger partial charge in [-0.2, -0.15) is 0 Å². The molecule has 1 aromatic heterocycles. The normalized spacial score (nSPS) is 11.6. The fraction of sp³-hybridized carbons (Fsp3) is 0.231. The molecule has 1 heterocycles. The topological polar surface area (TPSA) is 63.4 Å². The van der Waals surface area contributed by atoms with Crippen molar-refractivity contribution >= 4 is 43.0 Å². The molecular weight excluding hydrogens is 379 g/mol. The molecule has 21 heavy (non-hydrogen) atoms. The lowest BCUT2D eigenvalue weighted by Crippen LogP contribution is -2.30. The number of halogens is 2. The van der Waals surface area contributed by atoms with Crippen LogP contribution >= 0.6 is 27.3 Å². The first-order chi connectivity index (χ1) is 9.90. The van der Waals surface area contributed by atoms with E-state index in [-0.39, 0.29) is 18.0 Å². The molecular formula is C13H14BrFN2O2S2. The second-order valence-corrected chi connectivity index (χ2v) is 8.49. The zero-order valence-corrected chi connectivity index (χ0v) is 14.4. The van der Waals surface area contributed by atoms with Crippen LogP contribution in [0.3, 0.4) is 0 Å². The molecule has 0 spiro atoms. The minimum Gasteiger partial charge on any atom is -0.326 e. The lowest BCUT2D eigenvalue weighted by Gasteiger charge is -2.22. The van der Waals surface area contributed by atoms with Gasteiger partial charge in [0.15, 0.2) is 0 Å². The van der Waals surface area contributed by atoms with E-state index in [1.807, 2.05) is 0 Å². The molecule has 0 fully saturated rings. The second kappa shape index (κ2) is 6.43. The van der Waals surface area contributed by atoms with Gasteiger partial charge in [-0.1, -0.05) is 6.07 Å². The van der Waals surface area contributed by atoms with Gasteiger partial charge >= 0.3 is 0 Å².